The van der Waals surface area contributed by atoms with Gasteiger partial charge in [0.1, 0.15) is 0 Å². The Hall–Kier alpha value is -2.78. The molecule has 0 heterocycles. The van der Waals surface area contributed by atoms with Crippen LogP contribution in [0.3, 0.4) is 0 Å². The van der Waals surface area contributed by atoms with Crippen molar-refractivity contribution in [3.8, 4) is 0 Å². The smallest absolute Gasteiger partial charge is 0 e. The fourth-order valence-corrected chi connectivity index (χ4v) is 9.70. The average molecular weight is 900 g/mol. The van der Waals surface area contributed by atoms with Crippen LogP contribution in [0.4, 0.5) is 0 Å². The van der Waals surface area contributed by atoms with Crippen molar-refractivity contribution >= 4 is 18.1 Å². The second-order valence-corrected chi connectivity index (χ2v) is 15.6. The summed E-state index contributed by atoms with van der Waals surface area (Å²) in [6.07, 6.45) is 8.51. The van der Waals surface area contributed by atoms with Crippen LogP contribution in [0, 0.1) is 7.43 Å². The monoisotopic (exact) mass is 898 g/mol. The van der Waals surface area contributed by atoms with Crippen molar-refractivity contribution < 1.29 is 35.2 Å². The van der Waals surface area contributed by atoms with Gasteiger partial charge in [-0.2, -0.15) is 0 Å². The predicted molar refractivity (Wildman–Crippen MR) is 235 cm³/mol. The van der Waals surface area contributed by atoms with E-state index in [9.17, 15) is 0 Å². The molecule has 6 aromatic rings. The van der Waals surface area contributed by atoms with Crippen LogP contribution in [-0.4, -0.2) is 12.3 Å². The number of rotatable bonds is 8. The normalized spacial score (nSPS) is 20.0. The first kappa shape index (κ1) is 46.6. The van der Waals surface area contributed by atoms with Gasteiger partial charge in [-0.15, -0.1) is 8.58 Å². The zero-order valence-corrected chi connectivity index (χ0v) is 37.0. The SMILES string of the molecule is CCCc1ccccc1.CPC1CCCC1.[CH3-].[Cl][Pd+].[Fe].c1ccc(C2C(c3ccccc3)C(c3ccccc3)C(c3ccccc3)C2c2ccccc2)cc1. The van der Waals surface area contributed by atoms with E-state index >= 15 is 0 Å². The summed E-state index contributed by atoms with van der Waals surface area (Å²) in [5.41, 5.74) is 9.70. The minimum atomic E-state index is 0. The molecule has 0 aromatic heterocycles. The van der Waals surface area contributed by atoms with E-state index in [0.717, 1.165) is 5.66 Å². The van der Waals surface area contributed by atoms with Crippen molar-refractivity contribution in [2.45, 2.75) is 80.7 Å². The molecule has 6 aromatic carbocycles. The maximum Gasteiger partial charge on any atom is 0 e. The van der Waals surface area contributed by atoms with Gasteiger partial charge in [-0.1, -0.05) is 208 Å². The largest absolute Gasteiger partial charge is 0.0622 e. The van der Waals surface area contributed by atoms with Crippen LogP contribution in [-0.2, 0) is 41.7 Å². The summed E-state index contributed by atoms with van der Waals surface area (Å²) in [6.45, 7) is 4.53. The van der Waals surface area contributed by atoms with Gasteiger partial charge < -0.3 is 7.43 Å². The number of aryl methyl sites for hydroxylation is 1. The summed E-state index contributed by atoms with van der Waals surface area (Å²) in [4.78, 5) is 0. The van der Waals surface area contributed by atoms with Crippen LogP contribution in [0.15, 0.2) is 182 Å². The van der Waals surface area contributed by atoms with Crippen molar-refractivity contribution in [3.63, 3.8) is 0 Å². The number of benzene rings is 6. The van der Waals surface area contributed by atoms with E-state index in [1.165, 1.54) is 80.5 Å². The molecule has 0 spiro atoms. The van der Waals surface area contributed by atoms with Gasteiger partial charge >= 0.3 is 27.7 Å². The van der Waals surface area contributed by atoms with Crippen molar-refractivity contribution in [2.75, 3.05) is 6.66 Å². The van der Waals surface area contributed by atoms with Crippen molar-refractivity contribution in [1.29, 1.82) is 0 Å². The van der Waals surface area contributed by atoms with Gasteiger partial charge in [0.2, 0.25) is 0 Å². The average Bonchev–Trinajstić information content (AvgIpc) is 3.92. The molecule has 2 aliphatic rings. The molecular formula is C51H58ClFePPd. The minimum Gasteiger partial charge on any atom is -0.0622 e. The summed E-state index contributed by atoms with van der Waals surface area (Å²) in [5.74, 6) is 1.79. The maximum absolute atomic E-state index is 4.49. The van der Waals surface area contributed by atoms with Crippen molar-refractivity contribution in [1.82, 2.24) is 0 Å². The second-order valence-electron chi connectivity index (χ2n) is 14.2. The standard InChI is InChI=1S/C35H30.C9H12.C6H13P.CH3.ClH.Fe.Pd/c1-6-16-26(17-7-1)31-32(27-18-8-2-9-19-27)34(29-22-12-4-13-23-29)35(30-24-14-5-15-25-30)33(31)28-20-10-3-11-21-28;1-2-6-9-7-4-3-5-8-9;1-7-6-4-2-3-5-6;;;;/h1-25,31-35H;3-5,7-8H,2,6H2,1H3;6-7H,2-5H2,1H3;1H3;1H;;/q;;;-1;;;+2/p-1. The number of hydrogen-bond acceptors (Lipinski definition) is 0. The first-order valence-corrected chi connectivity index (χ1v) is 22.9. The van der Waals surface area contributed by atoms with Crippen LogP contribution in [0.5, 0.6) is 0 Å². The van der Waals surface area contributed by atoms with Crippen LogP contribution in [0.1, 0.15) is 102 Å². The van der Waals surface area contributed by atoms with Crippen LogP contribution < -0.4 is 0 Å². The van der Waals surface area contributed by atoms with E-state index in [4.69, 9.17) is 0 Å². The molecule has 2 fully saturated rings. The second kappa shape index (κ2) is 26.2. The maximum atomic E-state index is 4.49. The molecule has 2 aliphatic carbocycles. The Morgan fingerprint density at radius 3 is 0.891 bits per heavy atom. The Bertz CT molecular complexity index is 1540. The van der Waals surface area contributed by atoms with Gasteiger partial charge in [-0.25, -0.2) is 0 Å². The third-order valence-corrected chi connectivity index (χ3v) is 12.4. The molecule has 0 N–H and O–H groups in total. The van der Waals surface area contributed by atoms with Gasteiger partial charge in [0.15, 0.2) is 0 Å². The molecule has 0 radical (unpaired) electrons. The molecule has 292 valence electrons. The van der Waals surface area contributed by atoms with Gasteiger partial charge in [0, 0.05) is 17.1 Å². The predicted octanol–water partition coefficient (Wildman–Crippen LogP) is 14.9. The molecule has 0 saturated heterocycles. The summed E-state index contributed by atoms with van der Waals surface area (Å²) < 4.78 is 0. The van der Waals surface area contributed by atoms with E-state index in [-0.39, 0.29) is 24.5 Å². The molecule has 1 unspecified atom stereocenters. The number of halogens is 1. The fraction of sp³-hybridized carbons (Fsp3) is 0.275. The van der Waals surface area contributed by atoms with Crippen molar-refractivity contribution in [3.05, 3.63) is 223 Å². The van der Waals surface area contributed by atoms with E-state index in [0.29, 0.717) is 29.6 Å². The van der Waals surface area contributed by atoms with Crippen molar-refractivity contribution in [2.24, 2.45) is 0 Å². The molecule has 1 atom stereocenters. The summed E-state index contributed by atoms with van der Waals surface area (Å²) >= 11 is 2.22. The van der Waals surface area contributed by atoms with E-state index in [1.807, 2.05) is 0 Å². The Morgan fingerprint density at radius 2 is 0.691 bits per heavy atom. The molecule has 55 heavy (non-hydrogen) atoms. The molecule has 4 heteroatoms. The Labute approximate surface area is 361 Å². The van der Waals surface area contributed by atoms with Gasteiger partial charge in [-0.05, 0) is 94.6 Å². The quantitative estimate of drug-likeness (QED) is 0.0811. The molecule has 0 amide bonds. The number of hydrogen-bond donors (Lipinski definition) is 0. The Morgan fingerprint density at radius 1 is 0.455 bits per heavy atom. The van der Waals surface area contributed by atoms with E-state index in [2.05, 4.69) is 223 Å². The van der Waals surface area contributed by atoms with Gasteiger partial charge in [0.25, 0.3) is 0 Å². The van der Waals surface area contributed by atoms with E-state index in [1.54, 1.807) is 0 Å². The zero-order valence-electron chi connectivity index (χ0n) is 32.6. The first-order chi connectivity index (χ1) is 26.3. The Kier molecular flexibility index (Phi) is 22.2. The summed E-state index contributed by atoms with van der Waals surface area (Å²) in [6, 6.07) is 66.7. The minimum absolute atomic E-state index is 0. The fourth-order valence-electron chi connectivity index (χ4n) is 8.71. The molecule has 2 saturated carbocycles. The Balaban J connectivity index is 0.000000336. The van der Waals surface area contributed by atoms with Gasteiger partial charge in [0.05, 0.1) is 0 Å². The van der Waals surface area contributed by atoms with Crippen LogP contribution in [0.2, 0.25) is 0 Å². The van der Waals surface area contributed by atoms with Gasteiger partial charge in [-0.3, -0.25) is 0 Å². The van der Waals surface area contributed by atoms with E-state index < -0.39 is 0 Å². The third kappa shape index (κ3) is 13.1. The third-order valence-electron chi connectivity index (χ3n) is 11.0. The zero-order chi connectivity index (χ0) is 37.1. The molecular weight excluding hydrogens is 841 g/mol. The molecule has 0 bridgehead atoms. The molecule has 8 rings (SSSR count). The molecule has 0 nitrogen and oxygen atoms in total. The summed E-state index contributed by atoms with van der Waals surface area (Å²) in [7, 11) is 5.70. The topological polar surface area (TPSA) is 0 Å². The molecule has 0 aliphatic heterocycles. The first-order valence-electron chi connectivity index (χ1n) is 19.4. The van der Waals surface area contributed by atoms with Crippen LogP contribution >= 0.6 is 18.1 Å². The summed E-state index contributed by atoms with van der Waals surface area (Å²) in [5, 5.41) is 0. The van der Waals surface area contributed by atoms with Crippen LogP contribution in [0.25, 0.3) is 0 Å².